The molecule has 0 heterocycles. The van der Waals surface area contributed by atoms with Gasteiger partial charge >= 0.3 is 0 Å². The van der Waals surface area contributed by atoms with Crippen LogP contribution in [0.1, 0.15) is 22.3 Å². The van der Waals surface area contributed by atoms with Crippen LogP contribution in [0.25, 0.3) is 0 Å². The van der Waals surface area contributed by atoms with E-state index in [0.717, 1.165) is 16.7 Å². The van der Waals surface area contributed by atoms with Crippen LogP contribution in [0.3, 0.4) is 0 Å². The van der Waals surface area contributed by atoms with Gasteiger partial charge in [-0.05, 0) is 54.0 Å². The highest BCUT2D eigenvalue weighted by Crippen LogP contribution is 2.29. The molecule has 0 atom stereocenters. The highest BCUT2D eigenvalue weighted by atomic mass is 32.2. The van der Waals surface area contributed by atoms with Gasteiger partial charge in [0.05, 0.1) is 4.90 Å². The molecule has 1 aromatic carbocycles. The first kappa shape index (κ1) is 18.1. The predicted molar refractivity (Wildman–Crippen MR) is 91.9 cm³/mol. The standard InChI is InChI=1S/C18H22O3S/c1-5-9-14-13-18(22(19,20)21)17(12-8-4)16(11-7-3)15(14)10-6-2/h5-8,13H,1-4,9-12H2,(H,19,20,21). The summed E-state index contributed by atoms with van der Waals surface area (Å²) in [6, 6.07) is 1.53. The van der Waals surface area contributed by atoms with Crippen LogP contribution < -0.4 is 0 Å². The Balaban J connectivity index is 3.86. The van der Waals surface area contributed by atoms with Crippen molar-refractivity contribution in [2.75, 3.05) is 0 Å². The number of hydrogen-bond donors (Lipinski definition) is 1. The zero-order valence-corrected chi connectivity index (χ0v) is 13.5. The Morgan fingerprint density at radius 2 is 1.27 bits per heavy atom. The van der Waals surface area contributed by atoms with Crippen molar-refractivity contribution >= 4 is 10.1 Å². The minimum absolute atomic E-state index is 0.0612. The maximum absolute atomic E-state index is 11.8. The van der Waals surface area contributed by atoms with Gasteiger partial charge in [-0.25, -0.2) is 0 Å². The summed E-state index contributed by atoms with van der Waals surface area (Å²) in [7, 11) is -4.31. The lowest BCUT2D eigenvalue weighted by Crippen LogP contribution is -2.11. The number of rotatable bonds is 9. The second kappa shape index (κ2) is 7.92. The van der Waals surface area contributed by atoms with Gasteiger partial charge in [-0.2, -0.15) is 8.42 Å². The van der Waals surface area contributed by atoms with Crippen molar-refractivity contribution in [2.45, 2.75) is 30.6 Å². The molecule has 1 N–H and O–H groups in total. The maximum Gasteiger partial charge on any atom is 0.294 e. The van der Waals surface area contributed by atoms with Gasteiger partial charge in [0.25, 0.3) is 10.1 Å². The van der Waals surface area contributed by atoms with Crippen molar-refractivity contribution in [1.82, 2.24) is 0 Å². The molecule has 118 valence electrons. The average Bonchev–Trinajstić information content (AvgIpc) is 2.44. The molecule has 0 aliphatic heterocycles. The van der Waals surface area contributed by atoms with Gasteiger partial charge in [0.1, 0.15) is 0 Å². The van der Waals surface area contributed by atoms with E-state index < -0.39 is 10.1 Å². The van der Waals surface area contributed by atoms with Crippen LogP contribution in [0.2, 0.25) is 0 Å². The molecule has 0 aliphatic carbocycles. The molecule has 1 aromatic rings. The Morgan fingerprint density at radius 3 is 1.73 bits per heavy atom. The van der Waals surface area contributed by atoms with E-state index in [2.05, 4.69) is 26.3 Å². The second-order valence-electron chi connectivity index (χ2n) is 4.92. The Bertz CT molecular complexity index is 698. The molecule has 0 aliphatic rings. The molecule has 0 aromatic heterocycles. The first-order valence-corrected chi connectivity index (χ1v) is 8.42. The quantitative estimate of drug-likeness (QED) is 0.556. The molecule has 22 heavy (non-hydrogen) atoms. The summed E-state index contributed by atoms with van der Waals surface area (Å²) in [5, 5.41) is 0. The van der Waals surface area contributed by atoms with Gasteiger partial charge in [-0.1, -0.05) is 24.3 Å². The largest absolute Gasteiger partial charge is 0.294 e. The summed E-state index contributed by atoms with van der Waals surface area (Å²) in [5.41, 5.74) is 3.27. The topological polar surface area (TPSA) is 54.4 Å². The maximum atomic E-state index is 11.8. The van der Waals surface area contributed by atoms with Gasteiger partial charge in [0.2, 0.25) is 0 Å². The molecule has 0 unspecified atom stereocenters. The molecule has 3 nitrogen and oxygen atoms in total. The molecule has 1 rings (SSSR count). The molecule has 0 saturated carbocycles. The van der Waals surface area contributed by atoms with Gasteiger partial charge in [-0.15, -0.1) is 26.3 Å². The Morgan fingerprint density at radius 1 is 0.818 bits per heavy atom. The van der Waals surface area contributed by atoms with Crippen LogP contribution in [0.4, 0.5) is 0 Å². The zero-order valence-electron chi connectivity index (χ0n) is 12.7. The highest BCUT2D eigenvalue weighted by molar-refractivity contribution is 7.85. The van der Waals surface area contributed by atoms with Gasteiger partial charge in [0.15, 0.2) is 0 Å². The summed E-state index contributed by atoms with van der Waals surface area (Å²) in [4.78, 5) is -0.0612. The van der Waals surface area contributed by atoms with E-state index in [-0.39, 0.29) is 4.90 Å². The molecule has 0 saturated heterocycles. The normalized spacial score (nSPS) is 11.0. The van der Waals surface area contributed by atoms with Crippen LogP contribution in [-0.4, -0.2) is 13.0 Å². The minimum Gasteiger partial charge on any atom is -0.282 e. The third-order valence-corrected chi connectivity index (χ3v) is 4.33. The summed E-state index contributed by atoms with van der Waals surface area (Å²) in [6.45, 7) is 14.9. The molecular weight excluding hydrogens is 296 g/mol. The van der Waals surface area contributed by atoms with Crippen molar-refractivity contribution < 1.29 is 13.0 Å². The Kier molecular flexibility index (Phi) is 6.53. The molecule has 0 radical (unpaired) electrons. The first-order chi connectivity index (χ1) is 10.4. The van der Waals surface area contributed by atoms with E-state index in [1.807, 2.05) is 0 Å². The molecule has 4 heteroatoms. The molecule has 0 fully saturated rings. The zero-order chi connectivity index (χ0) is 16.8. The number of allylic oxidation sites excluding steroid dienone is 4. The van der Waals surface area contributed by atoms with E-state index in [9.17, 15) is 13.0 Å². The summed E-state index contributed by atoms with van der Waals surface area (Å²) in [5.74, 6) is 0. The number of hydrogen-bond acceptors (Lipinski definition) is 2. The van der Waals surface area contributed by atoms with E-state index in [1.54, 1.807) is 24.3 Å². The third-order valence-electron chi connectivity index (χ3n) is 3.41. The fourth-order valence-electron chi connectivity index (χ4n) is 2.58. The SMILES string of the molecule is C=CCc1cc(S(=O)(=O)O)c(CC=C)c(CC=C)c1CC=C. The summed E-state index contributed by atoms with van der Waals surface area (Å²) < 4.78 is 33.1. The summed E-state index contributed by atoms with van der Waals surface area (Å²) >= 11 is 0. The average molecular weight is 318 g/mol. The molecule has 0 amide bonds. The van der Waals surface area contributed by atoms with Gasteiger partial charge < -0.3 is 0 Å². The molecule has 0 spiro atoms. The lowest BCUT2D eigenvalue weighted by molar-refractivity contribution is 0.482. The number of benzene rings is 1. The fraction of sp³-hybridized carbons (Fsp3) is 0.222. The Labute approximate surface area is 133 Å². The third kappa shape index (κ3) is 4.06. The minimum atomic E-state index is -4.31. The summed E-state index contributed by atoms with van der Waals surface area (Å²) in [6.07, 6.45) is 8.84. The lowest BCUT2D eigenvalue weighted by Gasteiger charge is -2.19. The highest BCUT2D eigenvalue weighted by Gasteiger charge is 2.22. The van der Waals surface area contributed by atoms with Crippen molar-refractivity contribution in [1.29, 1.82) is 0 Å². The first-order valence-electron chi connectivity index (χ1n) is 6.98. The lowest BCUT2D eigenvalue weighted by atomic mass is 9.89. The van der Waals surface area contributed by atoms with Crippen molar-refractivity contribution in [3.8, 4) is 0 Å². The van der Waals surface area contributed by atoms with E-state index in [4.69, 9.17) is 0 Å². The van der Waals surface area contributed by atoms with Crippen LogP contribution in [0.15, 0.2) is 61.6 Å². The van der Waals surface area contributed by atoms with Crippen molar-refractivity contribution in [3.63, 3.8) is 0 Å². The van der Waals surface area contributed by atoms with Crippen LogP contribution in [-0.2, 0) is 35.8 Å². The predicted octanol–water partition coefficient (Wildman–Crippen LogP) is 3.85. The molecular formula is C18H22O3S. The van der Waals surface area contributed by atoms with Gasteiger partial charge in [-0.3, -0.25) is 4.55 Å². The van der Waals surface area contributed by atoms with E-state index >= 15 is 0 Å². The second-order valence-corrected chi connectivity index (χ2v) is 6.31. The smallest absolute Gasteiger partial charge is 0.282 e. The monoisotopic (exact) mass is 318 g/mol. The van der Waals surface area contributed by atoms with Crippen molar-refractivity contribution in [3.05, 3.63) is 78.9 Å². The Hall–Kier alpha value is -1.91. The van der Waals surface area contributed by atoms with E-state index in [0.29, 0.717) is 31.2 Å². The van der Waals surface area contributed by atoms with Crippen LogP contribution in [0.5, 0.6) is 0 Å². The van der Waals surface area contributed by atoms with Crippen LogP contribution >= 0.6 is 0 Å². The van der Waals surface area contributed by atoms with Gasteiger partial charge in [0, 0.05) is 0 Å². The fourth-order valence-corrected chi connectivity index (χ4v) is 3.39. The van der Waals surface area contributed by atoms with E-state index in [1.165, 1.54) is 6.07 Å². The van der Waals surface area contributed by atoms with Crippen molar-refractivity contribution in [2.24, 2.45) is 0 Å². The molecule has 0 bridgehead atoms. The van der Waals surface area contributed by atoms with Crippen LogP contribution in [0, 0.1) is 0 Å².